The predicted molar refractivity (Wildman–Crippen MR) is 119 cm³/mol. The van der Waals surface area contributed by atoms with Gasteiger partial charge in [-0.3, -0.25) is 19.9 Å². The highest BCUT2D eigenvalue weighted by atomic mass is 35.5. The van der Waals surface area contributed by atoms with Gasteiger partial charge < -0.3 is 15.1 Å². The van der Waals surface area contributed by atoms with Gasteiger partial charge in [-0.25, -0.2) is 0 Å². The van der Waals surface area contributed by atoms with Crippen molar-refractivity contribution in [2.24, 2.45) is 0 Å². The molecule has 0 aliphatic carbocycles. The molecular weight excluding hydrogens is 416 g/mol. The molecule has 31 heavy (non-hydrogen) atoms. The number of fused-ring (bicyclic) bond motifs is 2. The van der Waals surface area contributed by atoms with Crippen LogP contribution in [0.5, 0.6) is 0 Å². The van der Waals surface area contributed by atoms with Gasteiger partial charge in [0.1, 0.15) is 0 Å². The third-order valence-corrected chi connectivity index (χ3v) is 5.26. The van der Waals surface area contributed by atoms with Gasteiger partial charge in [0.25, 0.3) is 5.91 Å². The van der Waals surface area contributed by atoms with Crippen LogP contribution in [0.1, 0.15) is 16.1 Å². The van der Waals surface area contributed by atoms with E-state index >= 15 is 0 Å². The van der Waals surface area contributed by atoms with E-state index in [0.29, 0.717) is 34.8 Å². The summed E-state index contributed by atoms with van der Waals surface area (Å²) in [5.74, 6) is -0.138. The van der Waals surface area contributed by atoms with Crippen LogP contribution >= 0.6 is 11.6 Å². The van der Waals surface area contributed by atoms with Crippen molar-refractivity contribution in [3.63, 3.8) is 0 Å². The van der Waals surface area contributed by atoms with Gasteiger partial charge in [-0.2, -0.15) is 5.10 Å². The molecule has 0 unspecified atom stereocenters. The minimum atomic E-state index is -0.319. The van der Waals surface area contributed by atoms with E-state index in [-0.39, 0.29) is 11.7 Å². The van der Waals surface area contributed by atoms with E-state index in [0.717, 1.165) is 22.0 Å². The number of rotatable bonds is 6. The van der Waals surface area contributed by atoms with Crippen molar-refractivity contribution in [1.29, 1.82) is 0 Å². The number of amides is 1. The number of carbonyl (C=O) groups is 1. The summed E-state index contributed by atoms with van der Waals surface area (Å²) in [5, 5.41) is 15.3. The number of nitrogens with one attached hydrogen (secondary N) is 3. The molecule has 1 amide bonds. The van der Waals surface area contributed by atoms with Crippen LogP contribution in [0.4, 0.5) is 11.4 Å². The molecule has 154 valence electrons. The topological polar surface area (TPSA) is 109 Å². The molecule has 0 aliphatic rings. The lowest BCUT2D eigenvalue weighted by atomic mass is 10.2. The highest BCUT2D eigenvalue weighted by Gasteiger charge is 2.22. The summed E-state index contributed by atoms with van der Waals surface area (Å²) in [6, 6.07) is 9.24. The predicted octanol–water partition coefficient (Wildman–Crippen LogP) is 4.47. The summed E-state index contributed by atoms with van der Waals surface area (Å²) in [6.07, 6.45) is 9.08. The first-order valence-electron chi connectivity index (χ1n) is 9.63. The van der Waals surface area contributed by atoms with Crippen molar-refractivity contribution in [3.8, 4) is 0 Å². The van der Waals surface area contributed by atoms with Crippen LogP contribution in [0.3, 0.4) is 0 Å². The summed E-state index contributed by atoms with van der Waals surface area (Å²) in [7, 11) is 0. The number of aromatic nitrogens is 4. The minimum absolute atomic E-state index is 0.181. The van der Waals surface area contributed by atoms with Crippen LogP contribution < -0.4 is 10.6 Å². The fourth-order valence-electron chi connectivity index (χ4n) is 3.43. The zero-order valence-corrected chi connectivity index (χ0v) is 17.0. The number of aromatic amines is 1. The van der Waals surface area contributed by atoms with Gasteiger partial charge in [-0.15, -0.1) is 0 Å². The molecular formula is C22H17ClN6O2. The van der Waals surface area contributed by atoms with Gasteiger partial charge in [-0.1, -0.05) is 17.7 Å². The molecule has 0 atom stereocenters. The molecule has 4 aromatic heterocycles. The zero-order chi connectivity index (χ0) is 21.2. The Morgan fingerprint density at radius 2 is 1.97 bits per heavy atom. The second-order valence-electron chi connectivity index (χ2n) is 6.92. The third-order valence-electron chi connectivity index (χ3n) is 4.95. The number of anilines is 2. The van der Waals surface area contributed by atoms with Crippen LogP contribution in [0.15, 0.2) is 65.7 Å². The van der Waals surface area contributed by atoms with Crippen molar-refractivity contribution >= 4 is 50.8 Å². The summed E-state index contributed by atoms with van der Waals surface area (Å²) >= 11 is 6.24. The molecule has 4 heterocycles. The van der Waals surface area contributed by atoms with E-state index in [1.165, 1.54) is 0 Å². The highest BCUT2D eigenvalue weighted by molar-refractivity contribution is 6.35. The summed E-state index contributed by atoms with van der Waals surface area (Å²) < 4.78 is 5.85. The normalized spacial score (nSPS) is 11.1. The van der Waals surface area contributed by atoms with Gasteiger partial charge in [0, 0.05) is 41.6 Å². The molecule has 0 radical (unpaired) electrons. The number of H-pyrrole nitrogens is 1. The van der Waals surface area contributed by atoms with Crippen molar-refractivity contribution in [3.05, 3.63) is 77.7 Å². The zero-order valence-electron chi connectivity index (χ0n) is 16.2. The van der Waals surface area contributed by atoms with Crippen LogP contribution in [-0.4, -0.2) is 32.6 Å². The summed E-state index contributed by atoms with van der Waals surface area (Å²) in [4.78, 5) is 21.2. The molecule has 1 aromatic carbocycles. The fourth-order valence-corrected chi connectivity index (χ4v) is 3.63. The van der Waals surface area contributed by atoms with Crippen molar-refractivity contribution in [2.45, 2.75) is 6.42 Å². The molecule has 3 N–H and O–H groups in total. The van der Waals surface area contributed by atoms with Crippen molar-refractivity contribution in [1.82, 2.24) is 25.5 Å². The molecule has 0 spiro atoms. The third kappa shape index (κ3) is 3.69. The number of hydrogen-bond donors (Lipinski definition) is 3. The van der Waals surface area contributed by atoms with Gasteiger partial charge in [0.2, 0.25) is 5.76 Å². The number of nitrogens with zero attached hydrogens (tertiary/aromatic N) is 3. The molecule has 0 bridgehead atoms. The van der Waals surface area contributed by atoms with Crippen LogP contribution in [0.2, 0.25) is 5.02 Å². The Morgan fingerprint density at radius 1 is 1.06 bits per heavy atom. The van der Waals surface area contributed by atoms with E-state index in [4.69, 9.17) is 16.0 Å². The van der Waals surface area contributed by atoms with E-state index in [2.05, 4.69) is 30.8 Å². The number of carbonyl (C=O) groups excluding carboxylic acids is 1. The fraction of sp³-hybridized carbons (Fsp3) is 0.0909. The van der Waals surface area contributed by atoms with Crippen LogP contribution in [0, 0.1) is 0 Å². The maximum absolute atomic E-state index is 13.0. The smallest absolute Gasteiger partial charge is 0.289 e. The minimum Gasteiger partial charge on any atom is -0.447 e. The standard InChI is InChI=1S/C22H17ClN6O2/c23-16-3-4-17(15-11-27-29-19(15)16)28-20-14-6-8-25-12-18(14)31-21(20)22(30)26-9-5-13-2-1-7-24-10-13/h1-4,6-8,10-12,28H,5,9H2,(H,26,30)(H,27,29). The Bertz CT molecular complexity index is 1380. The van der Waals surface area contributed by atoms with Gasteiger partial charge in [0.05, 0.1) is 28.6 Å². The molecule has 8 nitrogen and oxygen atoms in total. The second-order valence-corrected chi connectivity index (χ2v) is 7.33. The van der Waals surface area contributed by atoms with Crippen LogP contribution in [0.25, 0.3) is 21.9 Å². The average molecular weight is 433 g/mol. The number of furan rings is 1. The SMILES string of the molecule is O=C(NCCc1cccnc1)c1oc2cnccc2c1Nc1ccc(Cl)c2[nH]ncc12. The van der Waals surface area contributed by atoms with Gasteiger partial charge >= 0.3 is 0 Å². The first-order valence-corrected chi connectivity index (χ1v) is 10.0. The molecule has 0 saturated heterocycles. The number of benzene rings is 1. The average Bonchev–Trinajstić information content (AvgIpc) is 3.43. The number of hydrogen-bond acceptors (Lipinski definition) is 6. The lowest BCUT2D eigenvalue weighted by molar-refractivity contribution is 0.0930. The Morgan fingerprint density at radius 3 is 2.84 bits per heavy atom. The summed E-state index contributed by atoms with van der Waals surface area (Å²) in [6.45, 7) is 0.451. The highest BCUT2D eigenvalue weighted by Crippen LogP contribution is 2.36. The first-order chi connectivity index (χ1) is 15.2. The number of pyridine rings is 2. The maximum Gasteiger partial charge on any atom is 0.289 e. The van der Waals surface area contributed by atoms with Crippen molar-refractivity contribution in [2.75, 3.05) is 11.9 Å². The lowest BCUT2D eigenvalue weighted by Crippen LogP contribution is -2.25. The van der Waals surface area contributed by atoms with E-state index < -0.39 is 0 Å². The Kier molecular flexibility index (Phi) is 4.97. The van der Waals surface area contributed by atoms with E-state index in [1.807, 2.05) is 18.2 Å². The molecule has 5 aromatic rings. The van der Waals surface area contributed by atoms with Gasteiger partial charge in [-0.05, 0) is 36.2 Å². The van der Waals surface area contributed by atoms with Crippen molar-refractivity contribution < 1.29 is 9.21 Å². The summed E-state index contributed by atoms with van der Waals surface area (Å²) in [5.41, 5.74) is 3.57. The molecule has 0 aliphatic heterocycles. The molecule has 0 saturated carbocycles. The molecule has 9 heteroatoms. The lowest BCUT2D eigenvalue weighted by Gasteiger charge is -2.09. The van der Waals surface area contributed by atoms with Gasteiger partial charge in [0.15, 0.2) is 5.58 Å². The van der Waals surface area contributed by atoms with E-state index in [9.17, 15) is 4.79 Å². The first kappa shape index (κ1) is 19.1. The Labute approximate surface area is 181 Å². The Hall–Kier alpha value is -3.91. The van der Waals surface area contributed by atoms with E-state index in [1.54, 1.807) is 43.1 Å². The molecule has 5 rings (SSSR count). The largest absolute Gasteiger partial charge is 0.447 e. The molecule has 0 fully saturated rings. The monoisotopic (exact) mass is 432 g/mol. The Balaban J connectivity index is 1.46. The van der Waals surface area contributed by atoms with Crippen LogP contribution in [-0.2, 0) is 6.42 Å². The second kappa shape index (κ2) is 8.08. The quantitative estimate of drug-likeness (QED) is 0.365. The maximum atomic E-state index is 13.0. The number of halogens is 1.